The van der Waals surface area contributed by atoms with Gasteiger partial charge >= 0.3 is 0 Å². The number of thiophene rings is 1. The van der Waals surface area contributed by atoms with Crippen LogP contribution in [0.15, 0.2) is 32.3 Å². The van der Waals surface area contributed by atoms with Gasteiger partial charge in [-0.1, -0.05) is 17.7 Å². The third kappa shape index (κ3) is 3.28. The summed E-state index contributed by atoms with van der Waals surface area (Å²) in [5, 5.41) is 0.301. The van der Waals surface area contributed by atoms with Crippen molar-refractivity contribution in [2.45, 2.75) is 11.1 Å². The van der Waals surface area contributed by atoms with Crippen molar-refractivity contribution in [3.05, 3.63) is 44.5 Å². The van der Waals surface area contributed by atoms with Crippen LogP contribution in [0.3, 0.4) is 0 Å². The molecule has 0 saturated carbocycles. The third-order valence-electron chi connectivity index (χ3n) is 2.26. The van der Waals surface area contributed by atoms with E-state index in [-0.39, 0.29) is 9.90 Å². The molecule has 0 unspecified atom stereocenters. The molecule has 0 radical (unpaired) electrons. The molecule has 1 N–H and O–H groups in total. The minimum Gasteiger partial charge on any atom is -0.276 e. The largest absolute Gasteiger partial charge is 0.276 e. The monoisotopic (exact) mass is 383 g/mol. The van der Waals surface area contributed by atoms with Gasteiger partial charge in [0.25, 0.3) is 10.0 Å². The molecule has 8 heteroatoms. The molecular formula is C11H8BrClFNO2S2. The van der Waals surface area contributed by atoms with Crippen LogP contribution in [0, 0.1) is 12.7 Å². The fraction of sp³-hybridized carbons (Fsp3) is 0.0909. The van der Waals surface area contributed by atoms with E-state index in [2.05, 4.69) is 20.7 Å². The van der Waals surface area contributed by atoms with Crippen molar-refractivity contribution < 1.29 is 12.8 Å². The predicted molar refractivity (Wildman–Crippen MR) is 79.0 cm³/mol. The molecule has 0 fully saturated rings. The van der Waals surface area contributed by atoms with Crippen molar-refractivity contribution in [1.29, 1.82) is 0 Å². The summed E-state index contributed by atoms with van der Waals surface area (Å²) < 4.78 is 40.5. The molecule has 102 valence electrons. The molecule has 0 spiro atoms. The average Bonchev–Trinajstić information content (AvgIpc) is 2.64. The summed E-state index contributed by atoms with van der Waals surface area (Å²) in [6.45, 7) is 1.72. The maximum absolute atomic E-state index is 13.6. The number of benzene rings is 1. The summed E-state index contributed by atoms with van der Waals surface area (Å²) in [6, 6.07) is 5.57. The minimum atomic E-state index is -3.84. The van der Waals surface area contributed by atoms with Gasteiger partial charge in [-0.05, 0) is 46.6 Å². The molecule has 2 rings (SSSR count). The highest BCUT2D eigenvalue weighted by Crippen LogP contribution is 2.35. The van der Waals surface area contributed by atoms with Gasteiger partial charge in [-0.2, -0.15) is 0 Å². The SMILES string of the molecule is Cc1ccc(NS(=O)(=O)c2cc(Cl)c(Br)s2)c(F)c1. The number of halogens is 3. The van der Waals surface area contributed by atoms with Crippen LogP contribution in [0.25, 0.3) is 0 Å². The summed E-state index contributed by atoms with van der Waals surface area (Å²) in [6.07, 6.45) is 0. The molecule has 3 nitrogen and oxygen atoms in total. The Hall–Kier alpha value is -0.630. The Morgan fingerprint density at radius 1 is 1.37 bits per heavy atom. The van der Waals surface area contributed by atoms with Crippen LogP contribution in [0.5, 0.6) is 0 Å². The van der Waals surface area contributed by atoms with E-state index in [0.29, 0.717) is 14.4 Å². The van der Waals surface area contributed by atoms with Crippen LogP contribution < -0.4 is 4.72 Å². The second kappa shape index (κ2) is 5.40. The summed E-state index contributed by atoms with van der Waals surface area (Å²) in [4.78, 5) is 0. The number of hydrogen-bond donors (Lipinski definition) is 1. The summed E-state index contributed by atoms with van der Waals surface area (Å²) in [5.41, 5.74) is 0.619. The van der Waals surface area contributed by atoms with Crippen LogP contribution in [0.4, 0.5) is 10.1 Å². The highest BCUT2D eigenvalue weighted by molar-refractivity contribution is 9.11. The van der Waals surface area contributed by atoms with Crippen molar-refractivity contribution >= 4 is 54.6 Å². The van der Waals surface area contributed by atoms with Gasteiger partial charge in [-0.15, -0.1) is 11.3 Å². The smallest absolute Gasteiger partial charge is 0.271 e. The maximum Gasteiger partial charge on any atom is 0.271 e. The molecule has 0 aliphatic heterocycles. The van der Waals surface area contributed by atoms with Crippen LogP contribution in [0.2, 0.25) is 5.02 Å². The number of sulfonamides is 1. The van der Waals surface area contributed by atoms with Gasteiger partial charge in [0.2, 0.25) is 0 Å². The first kappa shape index (κ1) is 14.8. The first-order valence-corrected chi connectivity index (χ1v) is 8.50. The van der Waals surface area contributed by atoms with Crippen molar-refractivity contribution in [3.63, 3.8) is 0 Å². The van der Waals surface area contributed by atoms with E-state index < -0.39 is 15.8 Å². The number of rotatable bonds is 3. The van der Waals surface area contributed by atoms with Crippen molar-refractivity contribution in [1.82, 2.24) is 0 Å². The molecular weight excluding hydrogens is 377 g/mol. The fourth-order valence-electron chi connectivity index (χ4n) is 1.36. The van der Waals surface area contributed by atoms with Gasteiger partial charge in [0.1, 0.15) is 10.0 Å². The Labute approximate surface area is 127 Å². The lowest BCUT2D eigenvalue weighted by atomic mass is 10.2. The van der Waals surface area contributed by atoms with Crippen molar-refractivity contribution in [2.24, 2.45) is 0 Å². The summed E-state index contributed by atoms with van der Waals surface area (Å²) in [7, 11) is -3.84. The predicted octanol–water partition coefficient (Wildman–Crippen LogP) is 4.41. The van der Waals surface area contributed by atoms with Gasteiger partial charge in [-0.3, -0.25) is 4.72 Å². The van der Waals surface area contributed by atoms with Gasteiger partial charge in [0.15, 0.2) is 0 Å². The average molecular weight is 385 g/mol. The molecule has 0 saturated heterocycles. The number of anilines is 1. The zero-order valence-electron chi connectivity index (χ0n) is 9.58. The quantitative estimate of drug-likeness (QED) is 0.852. The van der Waals surface area contributed by atoms with Gasteiger partial charge < -0.3 is 0 Å². The van der Waals surface area contributed by atoms with Crippen LogP contribution in [-0.2, 0) is 10.0 Å². The Morgan fingerprint density at radius 2 is 2.05 bits per heavy atom. The maximum atomic E-state index is 13.6. The van der Waals surface area contributed by atoms with Gasteiger partial charge in [-0.25, -0.2) is 12.8 Å². The van der Waals surface area contributed by atoms with Gasteiger partial charge in [0, 0.05) is 0 Å². The minimum absolute atomic E-state index is 0.0179. The Balaban J connectivity index is 2.36. The number of aryl methyl sites for hydroxylation is 1. The van der Waals surface area contributed by atoms with E-state index in [1.54, 1.807) is 13.0 Å². The molecule has 1 aromatic heterocycles. The zero-order valence-corrected chi connectivity index (χ0v) is 13.6. The van der Waals surface area contributed by atoms with Gasteiger partial charge in [0.05, 0.1) is 14.5 Å². The van der Waals surface area contributed by atoms with Crippen LogP contribution in [-0.4, -0.2) is 8.42 Å². The highest BCUT2D eigenvalue weighted by atomic mass is 79.9. The van der Waals surface area contributed by atoms with E-state index in [0.717, 1.165) is 11.3 Å². The third-order valence-corrected chi connectivity index (χ3v) is 6.57. The lowest BCUT2D eigenvalue weighted by Crippen LogP contribution is -2.12. The van der Waals surface area contributed by atoms with E-state index in [1.165, 1.54) is 18.2 Å². The second-order valence-corrected chi connectivity index (χ2v) is 8.46. The fourth-order valence-corrected chi connectivity index (χ4v) is 4.82. The van der Waals surface area contributed by atoms with E-state index in [9.17, 15) is 12.8 Å². The molecule has 0 aliphatic carbocycles. The number of hydrogen-bond acceptors (Lipinski definition) is 3. The summed E-state index contributed by atoms with van der Waals surface area (Å²) >= 11 is 9.89. The Kier molecular flexibility index (Phi) is 4.20. The lowest BCUT2D eigenvalue weighted by molar-refractivity contribution is 0.600. The highest BCUT2D eigenvalue weighted by Gasteiger charge is 2.20. The summed E-state index contributed by atoms with van der Waals surface area (Å²) in [5.74, 6) is -0.620. The first-order valence-electron chi connectivity index (χ1n) is 5.03. The standard InChI is InChI=1S/C11H8BrClFNO2S2/c1-6-2-3-9(8(14)4-6)15-19(16,17)10-5-7(13)11(12)18-10/h2-5,15H,1H3. The van der Waals surface area contributed by atoms with E-state index in [4.69, 9.17) is 11.6 Å². The molecule has 0 bridgehead atoms. The molecule has 1 heterocycles. The first-order chi connectivity index (χ1) is 8.79. The normalized spacial score (nSPS) is 11.6. The molecule has 0 atom stereocenters. The van der Waals surface area contributed by atoms with Crippen LogP contribution in [0.1, 0.15) is 5.56 Å². The van der Waals surface area contributed by atoms with E-state index >= 15 is 0 Å². The Bertz CT molecular complexity index is 711. The second-order valence-electron chi connectivity index (χ2n) is 3.78. The number of nitrogens with one attached hydrogen (secondary N) is 1. The molecule has 1 aromatic carbocycles. The van der Waals surface area contributed by atoms with Crippen LogP contribution >= 0.6 is 38.9 Å². The Morgan fingerprint density at radius 3 is 2.58 bits per heavy atom. The molecule has 0 aliphatic rings. The van der Waals surface area contributed by atoms with Crippen molar-refractivity contribution in [2.75, 3.05) is 4.72 Å². The molecule has 2 aromatic rings. The molecule has 0 amide bonds. The van der Waals surface area contributed by atoms with Crippen molar-refractivity contribution in [3.8, 4) is 0 Å². The lowest BCUT2D eigenvalue weighted by Gasteiger charge is -2.07. The topological polar surface area (TPSA) is 46.2 Å². The molecule has 19 heavy (non-hydrogen) atoms. The zero-order chi connectivity index (χ0) is 14.2. The van der Waals surface area contributed by atoms with E-state index in [1.807, 2.05) is 0 Å².